The first-order chi connectivity index (χ1) is 13.1. The van der Waals surface area contributed by atoms with E-state index in [0.29, 0.717) is 12.0 Å². The van der Waals surface area contributed by atoms with Crippen LogP contribution in [0.15, 0.2) is 24.3 Å². The Labute approximate surface area is 163 Å². The molecule has 0 unspecified atom stereocenters. The maximum Gasteiger partial charge on any atom is 0.237 e. The first-order valence-corrected chi connectivity index (χ1v) is 10.6. The molecule has 4 rings (SSSR count). The molecule has 3 aliphatic rings. The van der Waals surface area contributed by atoms with Crippen LogP contribution in [0.2, 0.25) is 0 Å². The Morgan fingerprint density at radius 2 is 1.81 bits per heavy atom. The van der Waals surface area contributed by atoms with Crippen LogP contribution >= 0.6 is 0 Å². The number of hydrogen-bond donors (Lipinski definition) is 2. The number of amides is 1. The van der Waals surface area contributed by atoms with E-state index in [1.165, 1.54) is 49.9 Å². The molecule has 3 heterocycles. The number of piperidine rings is 1. The second-order valence-corrected chi connectivity index (χ2v) is 8.90. The van der Waals surface area contributed by atoms with Gasteiger partial charge in [-0.25, -0.2) is 0 Å². The number of rotatable bonds is 5. The van der Waals surface area contributed by atoms with Gasteiger partial charge in [0.05, 0.1) is 6.04 Å². The highest BCUT2D eigenvalue weighted by atomic mass is 16.2. The summed E-state index contributed by atoms with van der Waals surface area (Å²) in [6.45, 7) is 7.36. The van der Waals surface area contributed by atoms with Crippen molar-refractivity contribution in [2.75, 3.05) is 39.8 Å². The Morgan fingerprint density at radius 3 is 2.52 bits per heavy atom. The zero-order chi connectivity index (χ0) is 18.7. The van der Waals surface area contributed by atoms with Crippen molar-refractivity contribution in [2.45, 2.75) is 51.2 Å². The van der Waals surface area contributed by atoms with Gasteiger partial charge < -0.3 is 10.6 Å². The number of likely N-dealkylation sites (tertiary alicyclic amines) is 2. The largest absolute Gasteiger partial charge is 0.351 e. The molecule has 1 amide bonds. The van der Waals surface area contributed by atoms with Crippen LogP contribution in [-0.4, -0.2) is 61.5 Å². The third-order valence-electron chi connectivity index (χ3n) is 6.80. The Kier molecular flexibility index (Phi) is 5.81. The minimum atomic E-state index is 0.0255. The fourth-order valence-electron chi connectivity index (χ4n) is 5.15. The van der Waals surface area contributed by atoms with Crippen LogP contribution < -0.4 is 10.6 Å². The van der Waals surface area contributed by atoms with Crippen molar-refractivity contribution in [2.24, 2.45) is 5.41 Å². The third kappa shape index (κ3) is 4.53. The SMILES string of the molecule is CN1CC2(CCNCC2)C[C@@H]1C(=O)NCc1ccc(CN2CCCC2)cc1. The van der Waals surface area contributed by atoms with E-state index in [0.717, 1.165) is 32.6 Å². The number of carbonyl (C=O) groups is 1. The van der Waals surface area contributed by atoms with Crippen molar-refractivity contribution >= 4 is 5.91 Å². The summed E-state index contributed by atoms with van der Waals surface area (Å²) in [7, 11) is 2.11. The molecule has 0 radical (unpaired) electrons. The second kappa shape index (κ2) is 8.29. The normalized spacial score (nSPS) is 25.9. The van der Waals surface area contributed by atoms with E-state index >= 15 is 0 Å². The van der Waals surface area contributed by atoms with Gasteiger partial charge in [0, 0.05) is 19.6 Å². The van der Waals surface area contributed by atoms with Crippen molar-refractivity contribution in [3.05, 3.63) is 35.4 Å². The van der Waals surface area contributed by atoms with Crippen LogP contribution in [0.25, 0.3) is 0 Å². The maximum atomic E-state index is 12.8. The molecule has 3 saturated heterocycles. The van der Waals surface area contributed by atoms with Gasteiger partial charge in [0.2, 0.25) is 5.91 Å². The number of carbonyl (C=O) groups excluding carboxylic acids is 1. The molecular formula is C22H34N4O. The molecule has 5 heteroatoms. The molecule has 0 bridgehead atoms. The predicted octanol–water partition coefficient (Wildman–Crippen LogP) is 1.97. The molecule has 3 aliphatic heterocycles. The van der Waals surface area contributed by atoms with Crippen LogP contribution in [0.5, 0.6) is 0 Å². The van der Waals surface area contributed by atoms with Gasteiger partial charge in [-0.1, -0.05) is 24.3 Å². The monoisotopic (exact) mass is 370 g/mol. The van der Waals surface area contributed by atoms with Crippen molar-refractivity contribution in [1.29, 1.82) is 0 Å². The highest BCUT2D eigenvalue weighted by molar-refractivity contribution is 5.82. The number of likely N-dealkylation sites (N-methyl/N-ethyl adjacent to an activating group) is 1. The molecule has 1 aromatic rings. The quantitative estimate of drug-likeness (QED) is 0.832. The van der Waals surface area contributed by atoms with Gasteiger partial charge in [-0.15, -0.1) is 0 Å². The minimum Gasteiger partial charge on any atom is -0.351 e. The summed E-state index contributed by atoms with van der Waals surface area (Å²) < 4.78 is 0. The van der Waals surface area contributed by atoms with Crippen molar-refractivity contribution in [1.82, 2.24) is 20.4 Å². The zero-order valence-electron chi connectivity index (χ0n) is 16.7. The van der Waals surface area contributed by atoms with Crippen molar-refractivity contribution in [3.63, 3.8) is 0 Å². The van der Waals surface area contributed by atoms with Crippen LogP contribution in [0.3, 0.4) is 0 Å². The van der Waals surface area contributed by atoms with Crippen LogP contribution in [-0.2, 0) is 17.9 Å². The lowest BCUT2D eigenvalue weighted by Gasteiger charge is -2.33. The van der Waals surface area contributed by atoms with E-state index < -0.39 is 0 Å². The van der Waals surface area contributed by atoms with Gasteiger partial charge in [-0.2, -0.15) is 0 Å². The lowest BCUT2D eigenvalue weighted by Crippen LogP contribution is -2.41. The lowest BCUT2D eigenvalue weighted by molar-refractivity contribution is -0.125. The van der Waals surface area contributed by atoms with E-state index in [4.69, 9.17) is 0 Å². The van der Waals surface area contributed by atoms with E-state index in [2.05, 4.69) is 51.7 Å². The molecule has 0 saturated carbocycles. The highest BCUT2D eigenvalue weighted by Gasteiger charge is 2.45. The molecule has 3 fully saturated rings. The number of benzene rings is 1. The van der Waals surface area contributed by atoms with Crippen molar-refractivity contribution in [3.8, 4) is 0 Å². The average molecular weight is 371 g/mol. The van der Waals surface area contributed by atoms with Crippen molar-refractivity contribution < 1.29 is 4.79 Å². The average Bonchev–Trinajstić information content (AvgIpc) is 3.29. The predicted molar refractivity (Wildman–Crippen MR) is 108 cm³/mol. The Balaban J connectivity index is 1.27. The fraction of sp³-hybridized carbons (Fsp3) is 0.682. The van der Waals surface area contributed by atoms with Gasteiger partial charge in [0.1, 0.15) is 0 Å². The van der Waals surface area contributed by atoms with E-state index in [9.17, 15) is 4.79 Å². The molecule has 27 heavy (non-hydrogen) atoms. The summed E-state index contributed by atoms with van der Waals surface area (Å²) >= 11 is 0. The molecular weight excluding hydrogens is 336 g/mol. The molecule has 148 valence electrons. The molecule has 1 atom stereocenters. The van der Waals surface area contributed by atoms with Crippen LogP contribution in [0, 0.1) is 5.41 Å². The van der Waals surface area contributed by atoms with E-state index in [1.807, 2.05) is 0 Å². The summed E-state index contributed by atoms with van der Waals surface area (Å²) in [5.41, 5.74) is 2.90. The molecule has 2 N–H and O–H groups in total. The first kappa shape index (κ1) is 18.9. The summed E-state index contributed by atoms with van der Waals surface area (Å²) in [6.07, 6.45) is 6.06. The Bertz CT molecular complexity index is 632. The van der Waals surface area contributed by atoms with Crippen LogP contribution in [0.4, 0.5) is 0 Å². The first-order valence-electron chi connectivity index (χ1n) is 10.6. The zero-order valence-corrected chi connectivity index (χ0v) is 16.7. The van der Waals surface area contributed by atoms with Gasteiger partial charge in [-0.05, 0) is 81.9 Å². The lowest BCUT2D eigenvalue weighted by atomic mass is 9.77. The topological polar surface area (TPSA) is 47.6 Å². The molecule has 0 aliphatic carbocycles. The molecule has 0 aromatic heterocycles. The summed E-state index contributed by atoms with van der Waals surface area (Å²) in [5, 5.41) is 6.63. The third-order valence-corrected chi connectivity index (χ3v) is 6.80. The smallest absolute Gasteiger partial charge is 0.237 e. The molecule has 5 nitrogen and oxygen atoms in total. The van der Waals surface area contributed by atoms with Gasteiger partial charge in [-0.3, -0.25) is 14.6 Å². The fourth-order valence-corrected chi connectivity index (χ4v) is 5.15. The second-order valence-electron chi connectivity index (χ2n) is 8.90. The maximum absolute atomic E-state index is 12.8. The summed E-state index contributed by atoms with van der Waals surface area (Å²) in [4.78, 5) is 17.6. The summed E-state index contributed by atoms with van der Waals surface area (Å²) in [6, 6.07) is 8.78. The van der Waals surface area contributed by atoms with Gasteiger partial charge >= 0.3 is 0 Å². The number of nitrogens with zero attached hydrogens (tertiary/aromatic N) is 2. The van der Waals surface area contributed by atoms with Crippen LogP contribution in [0.1, 0.15) is 43.2 Å². The number of hydrogen-bond acceptors (Lipinski definition) is 4. The Morgan fingerprint density at radius 1 is 1.15 bits per heavy atom. The molecule has 1 spiro atoms. The number of nitrogens with one attached hydrogen (secondary N) is 2. The Hall–Kier alpha value is -1.43. The summed E-state index contributed by atoms with van der Waals surface area (Å²) in [5.74, 6) is 0.189. The standard InChI is InChI=1S/C22H34N4O/c1-25-17-22(8-10-23-11-9-22)14-20(25)21(27)24-15-18-4-6-19(7-5-18)16-26-12-2-3-13-26/h4-7,20,23H,2-3,8-17H2,1H3,(H,24,27)/t20-/m1/s1. The van der Waals surface area contributed by atoms with Gasteiger partial charge in [0.15, 0.2) is 0 Å². The molecule has 1 aromatic carbocycles. The van der Waals surface area contributed by atoms with Gasteiger partial charge in [0.25, 0.3) is 0 Å². The minimum absolute atomic E-state index is 0.0255. The highest BCUT2D eigenvalue weighted by Crippen LogP contribution is 2.41. The van der Waals surface area contributed by atoms with E-state index in [1.54, 1.807) is 0 Å². The van der Waals surface area contributed by atoms with E-state index in [-0.39, 0.29) is 11.9 Å².